The van der Waals surface area contributed by atoms with Crippen molar-refractivity contribution in [1.82, 2.24) is 0 Å². The molecule has 18 aromatic carbocycles. The van der Waals surface area contributed by atoms with Gasteiger partial charge in [-0.15, -0.1) is 0 Å². The quantitative estimate of drug-likeness (QED) is 0.0900. The van der Waals surface area contributed by atoms with Gasteiger partial charge in [0.2, 0.25) is 0 Å². The summed E-state index contributed by atoms with van der Waals surface area (Å²) in [5, 5.41) is 0. The normalized spacial score (nSPS) is 11.5. The first-order valence-electron chi connectivity index (χ1n) is 38.8. The van der Waals surface area contributed by atoms with Crippen molar-refractivity contribution >= 4 is 68.2 Å². The molecule has 115 heavy (non-hydrogen) atoms. The number of rotatable bonds is 17. The Labute approximate surface area is 671 Å². The lowest BCUT2D eigenvalue weighted by atomic mass is 10.00. The van der Waals surface area contributed by atoms with Crippen LogP contribution >= 0.6 is 0 Å². The van der Waals surface area contributed by atoms with Gasteiger partial charge in [-0.25, -0.2) is 0 Å². The average molecular weight is 1480 g/mol. The molecule has 2 aliphatic rings. The second-order valence-corrected chi connectivity index (χ2v) is 28.4. The van der Waals surface area contributed by atoms with E-state index >= 15 is 0 Å². The molecular formula is C108H76N4O3. The number of para-hydroxylation sites is 2. The van der Waals surface area contributed by atoms with Gasteiger partial charge in [0.15, 0.2) is 34.5 Å². The average Bonchev–Trinajstić information content (AvgIpc) is 0.769. The lowest BCUT2D eigenvalue weighted by Gasteiger charge is -2.33. The van der Waals surface area contributed by atoms with Crippen LogP contribution in [0.15, 0.2) is 461 Å². The molecule has 0 aliphatic carbocycles. The van der Waals surface area contributed by atoms with E-state index in [0.717, 1.165) is 113 Å². The van der Waals surface area contributed by atoms with E-state index in [1.807, 2.05) is 42.5 Å². The summed E-state index contributed by atoms with van der Waals surface area (Å²) in [4.78, 5) is 9.13. The Bertz CT molecular complexity index is 6120. The van der Waals surface area contributed by atoms with Crippen LogP contribution in [-0.4, -0.2) is 0 Å². The molecule has 0 spiro atoms. The highest BCUT2D eigenvalue weighted by Gasteiger charge is 2.29. The number of ether oxygens (including phenoxy) is 3. The molecule has 0 atom stereocenters. The maximum atomic E-state index is 6.86. The smallest absolute Gasteiger partial charge is 0.172 e. The molecule has 2 heterocycles. The van der Waals surface area contributed by atoms with Crippen LogP contribution in [0.4, 0.5) is 68.2 Å². The van der Waals surface area contributed by atoms with E-state index in [2.05, 4.69) is 438 Å². The topological polar surface area (TPSA) is 40.7 Å². The number of nitrogens with zero attached hydrogens (tertiary/aromatic N) is 4. The van der Waals surface area contributed by atoms with E-state index < -0.39 is 0 Å². The number of anilines is 12. The molecule has 0 radical (unpaired) electrons. The van der Waals surface area contributed by atoms with Crippen LogP contribution in [0.3, 0.4) is 0 Å². The van der Waals surface area contributed by atoms with Gasteiger partial charge in [-0.3, -0.25) is 0 Å². The zero-order valence-electron chi connectivity index (χ0n) is 62.9. The lowest BCUT2D eigenvalue weighted by molar-refractivity contribution is 0.360. The Morgan fingerprint density at radius 1 is 0.139 bits per heavy atom. The highest BCUT2D eigenvalue weighted by atomic mass is 16.6. The van der Waals surface area contributed by atoms with Gasteiger partial charge in [0.05, 0.1) is 22.7 Å². The van der Waals surface area contributed by atoms with E-state index in [9.17, 15) is 0 Å². The van der Waals surface area contributed by atoms with Crippen LogP contribution in [0.2, 0.25) is 0 Å². The minimum Gasteiger partial charge on any atom is -0.453 e. The predicted octanol–water partition coefficient (Wildman–Crippen LogP) is 30.9. The molecule has 0 unspecified atom stereocenters. The molecule has 0 N–H and O–H groups in total. The third-order valence-electron chi connectivity index (χ3n) is 21.1. The molecule has 0 saturated carbocycles. The van der Waals surface area contributed by atoms with Crippen LogP contribution in [0.25, 0.3) is 77.9 Å². The van der Waals surface area contributed by atoms with Crippen LogP contribution in [0, 0.1) is 0 Å². The van der Waals surface area contributed by atoms with Crippen molar-refractivity contribution < 1.29 is 14.2 Å². The van der Waals surface area contributed by atoms with Gasteiger partial charge in [-0.1, -0.05) is 303 Å². The van der Waals surface area contributed by atoms with Gasteiger partial charge >= 0.3 is 0 Å². The van der Waals surface area contributed by atoms with Crippen molar-refractivity contribution in [2.45, 2.75) is 0 Å². The van der Waals surface area contributed by atoms with Crippen molar-refractivity contribution in [1.29, 1.82) is 0 Å². The zero-order valence-corrected chi connectivity index (χ0v) is 62.9. The summed E-state index contributed by atoms with van der Waals surface area (Å²) >= 11 is 0. The lowest BCUT2D eigenvalue weighted by Crippen LogP contribution is -2.16. The Balaban J connectivity index is 0.000000157. The number of fused-ring (bicyclic) bond motifs is 4. The van der Waals surface area contributed by atoms with Gasteiger partial charge in [0, 0.05) is 57.6 Å². The number of benzene rings is 18. The minimum atomic E-state index is 0.661. The summed E-state index contributed by atoms with van der Waals surface area (Å²) in [5.74, 6) is 4.27. The molecule has 20 rings (SSSR count). The van der Waals surface area contributed by atoms with E-state index in [1.165, 1.54) is 44.5 Å². The monoisotopic (exact) mass is 1480 g/mol. The Morgan fingerprint density at radius 3 is 0.696 bits per heavy atom. The summed E-state index contributed by atoms with van der Waals surface area (Å²) in [6.45, 7) is 0. The van der Waals surface area contributed by atoms with Crippen LogP contribution in [-0.2, 0) is 0 Å². The van der Waals surface area contributed by atoms with E-state index in [4.69, 9.17) is 14.2 Å². The molecule has 0 amide bonds. The third-order valence-corrected chi connectivity index (χ3v) is 21.1. The molecule has 2 aliphatic heterocycles. The summed E-state index contributed by atoms with van der Waals surface area (Å²) in [6.07, 6.45) is 0. The van der Waals surface area contributed by atoms with Crippen molar-refractivity contribution in [2.75, 3.05) is 19.6 Å². The maximum absolute atomic E-state index is 6.86. The molecule has 546 valence electrons. The highest BCUT2D eigenvalue weighted by Crippen LogP contribution is 2.54. The fourth-order valence-corrected chi connectivity index (χ4v) is 15.4. The van der Waals surface area contributed by atoms with Crippen molar-refractivity contribution in [2.24, 2.45) is 0 Å². The first-order chi connectivity index (χ1) is 57.0. The van der Waals surface area contributed by atoms with Gasteiger partial charge in [0.25, 0.3) is 0 Å². The summed E-state index contributed by atoms with van der Waals surface area (Å²) in [5.41, 5.74) is 28.6. The Hall–Kier alpha value is -15.4. The van der Waals surface area contributed by atoms with Gasteiger partial charge in [-0.05, 0) is 223 Å². The van der Waals surface area contributed by atoms with E-state index in [0.29, 0.717) is 23.0 Å². The largest absolute Gasteiger partial charge is 0.453 e. The zero-order chi connectivity index (χ0) is 76.6. The highest BCUT2D eigenvalue weighted by molar-refractivity contribution is 5.92. The standard InChI is InChI=1S/C60H42N2O.C48H34N2O2/c1-5-13-43(14-6-1)47-21-31-53(32-22-47)61(54-33-23-48(24-34-54)44-15-7-2-8-16-44)55-35-27-50(28-36-55)52-30-40-58-60(42-52)63-59-41-51(46-19-11-4-12-20-46)29-39-57(59)62(58)56-37-25-49(26-38-56)45-17-9-3-10-18-45;1-5-15-35(16-6-1)37-19-13-25-41(31-37)49(39-21-9-3-10-22-39)43-27-29-45-47(33-43)51-46-30-28-44(34-48(46)52-45)50(40-23-11-4-12-24-40)42-26-14-20-38(32-42)36-17-7-2-8-18-36/h1-42H;1-34H. The van der Waals surface area contributed by atoms with Crippen LogP contribution < -0.4 is 33.8 Å². The summed E-state index contributed by atoms with van der Waals surface area (Å²) in [7, 11) is 0. The molecule has 7 nitrogen and oxygen atoms in total. The first kappa shape index (κ1) is 70.0. The fourth-order valence-electron chi connectivity index (χ4n) is 15.4. The fraction of sp³-hybridized carbons (Fsp3) is 0. The van der Waals surface area contributed by atoms with Crippen molar-refractivity contribution in [3.63, 3.8) is 0 Å². The number of hydrogen-bond acceptors (Lipinski definition) is 7. The van der Waals surface area contributed by atoms with Crippen LogP contribution in [0.5, 0.6) is 34.5 Å². The molecule has 0 saturated heterocycles. The summed E-state index contributed by atoms with van der Waals surface area (Å²) in [6, 6.07) is 162. The number of hydrogen-bond donors (Lipinski definition) is 0. The Kier molecular flexibility index (Phi) is 19.4. The van der Waals surface area contributed by atoms with Gasteiger partial charge in [-0.2, -0.15) is 0 Å². The van der Waals surface area contributed by atoms with Gasteiger partial charge in [0.1, 0.15) is 0 Å². The molecule has 0 bridgehead atoms. The molecule has 7 heteroatoms. The maximum Gasteiger partial charge on any atom is 0.172 e. The van der Waals surface area contributed by atoms with Crippen LogP contribution in [0.1, 0.15) is 0 Å². The minimum absolute atomic E-state index is 0.661. The second kappa shape index (κ2) is 31.9. The van der Waals surface area contributed by atoms with E-state index in [-0.39, 0.29) is 0 Å². The van der Waals surface area contributed by atoms with E-state index in [1.54, 1.807) is 0 Å². The third kappa shape index (κ3) is 14.9. The summed E-state index contributed by atoms with van der Waals surface area (Å²) < 4.78 is 20.0. The van der Waals surface area contributed by atoms with Gasteiger partial charge < -0.3 is 33.8 Å². The molecule has 0 aromatic heterocycles. The van der Waals surface area contributed by atoms with Crippen molar-refractivity contribution in [3.05, 3.63) is 461 Å². The SMILES string of the molecule is c1ccc(-c2ccc(N(c3ccc(-c4ccccc4)cc3)c3ccc(-c4ccc5c(c4)Oc4cc(-c6ccccc6)ccc4N5c4ccc(-c5ccccc5)cc4)cc3)cc2)cc1.c1ccc(-c2cccc(N(c3ccccc3)c3ccc4c(c3)Oc3ccc(N(c5ccccc5)c5cccc(-c6ccccc6)c5)cc3O4)c2)cc1. The second-order valence-electron chi connectivity index (χ2n) is 28.4. The predicted molar refractivity (Wildman–Crippen MR) is 476 cm³/mol. The molecule has 18 aromatic rings. The molecule has 0 fully saturated rings. The molecular weight excluding hydrogens is 1400 g/mol. The first-order valence-corrected chi connectivity index (χ1v) is 38.8. The van der Waals surface area contributed by atoms with Crippen molar-refractivity contribution in [3.8, 4) is 112 Å². The Morgan fingerprint density at radius 2 is 0.357 bits per heavy atom.